The summed E-state index contributed by atoms with van der Waals surface area (Å²) in [6.45, 7) is 0. The number of hydrogen-bond acceptors (Lipinski definition) is 2. The Morgan fingerprint density at radius 3 is 3.20 bits per heavy atom. The lowest BCUT2D eigenvalue weighted by Gasteiger charge is -2.03. The number of aliphatic hydroxyl groups is 1. The molecule has 2 aliphatic carbocycles. The maximum absolute atomic E-state index is 11.0. The highest BCUT2D eigenvalue weighted by molar-refractivity contribution is 5.79. The monoisotopic (exact) mass is 140 g/mol. The molecule has 2 heteroatoms. The molecule has 0 aromatic rings. The number of hydrogen-bond donors (Lipinski definition) is 1. The van der Waals surface area contributed by atoms with E-state index in [2.05, 4.69) is 0 Å². The first-order chi connectivity index (χ1) is 4.71. The molecule has 0 aliphatic heterocycles. The lowest BCUT2D eigenvalue weighted by molar-refractivity contribution is -0.119. The van der Waals surface area contributed by atoms with Crippen molar-refractivity contribution in [3.05, 3.63) is 0 Å². The van der Waals surface area contributed by atoms with E-state index >= 15 is 0 Å². The van der Waals surface area contributed by atoms with E-state index in [1.165, 1.54) is 0 Å². The van der Waals surface area contributed by atoms with Crippen molar-refractivity contribution in [3.63, 3.8) is 0 Å². The van der Waals surface area contributed by atoms with Crippen LogP contribution in [0.3, 0.4) is 0 Å². The van der Waals surface area contributed by atoms with E-state index in [9.17, 15) is 9.90 Å². The first-order valence-electron chi connectivity index (χ1n) is 3.95. The van der Waals surface area contributed by atoms with Crippen LogP contribution in [0.4, 0.5) is 0 Å². The second-order valence-electron chi connectivity index (χ2n) is 3.60. The number of ketones is 1. The van der Waals surface area contributed by atoms with Gasteiger partial charge >= 0.3 is 0 Å². The fourth-order valence-electron chi connectivity index (χ4n) is 1.90. The first-order valence-corrected chi connectivity index (χ1v) is 3.95. The number of rotatable bonds is 0. The zero-order valence-corrected chi connectivity index (χ0v) is 5.97. The molecular formula is C8H12O2. The van der Waals surface area contributed by atoms with Crippen molar-refractivity contribution in [2.45, 2.75) is 37.7 Å². The first kappa shape index (κ1) is 6.35. The number of carbonyl (C=O) groups is 1. The summed E-state index contributed by atoms with van der Waals surface area (Å²) in [6, 6.07) is 0. The predicted molar refractivity (Wildman–Crippen MR) is 36.5 cm³/mol. The Hall–Kier alpha value is -0.370. The van der Waals surface area contributed by atoms with E-state index in [1.54, 1.807) is 0 Å². The molecule has 0 aromatic carbocycles. The van der Waals surface area contributed by atoms with Gasteiger partial charge in [0.05, 0.1) is 5.60 Å². The van der Waals surface area contributed by atoms with Gasteiger partial charge in [0.15, 0.2) is 0 Å². The van der Waals surface area contributed by atoms with Gasteiger partial charge in [-0.3, -0.25) is 4.79 Å². The second kappa shape index (κ2) is 1.82. The van der Waals surface area contributed by atoms with Gasteiger partial charge in [-0.15, -0.1) is 0 Å². The van der Waals surface area contributed by atoms with Crippen LogP contribution in [0, 0.1) is 5.92 Å². The van der Waals surface area contributed by atoms with E-state index in [-0.39, 0.29) is 0 Å². The molecule has 2 aliphatic rings. The van der Waals surface area contributed by atoms with Gasteiger partial charge in [0.1, 0.15) is 5.78 Å². The molecule has 2 atom stereocenters. The van der Waals surface area contributed by atoms with Crippen molar-refractivity contribution in [2.75, 3.05) is 0 Å². The summed E-state index contributed by atoms with van der Waals surface area (Å²) < 4.78 is 0. The minimum Gasteiger partial charge on any atom is -0.390 e. The quantitative estimate of drug-likeness (QED) is 0.542. The van der Waals surface area contributed by atoms with Crippen LogP contribution in [0.1, 0.15) is 32.1 Å². The van der Waals surface area contributed by atoms with Gasteiger partial charge in [-0.2, -0.15) is 0 Å². The molecular weight excluding hydrogens is 128 g/mol. The molecule has 2 rings (SSSR count). The fourth-order valence-corrected chi connectivity index (χ4v) is 1.90. The Kier molecular flexibility index (Phi) is 1.15. The van der Waals surface area contributed by atoms with Gasteiger partial charge in [-0.05, 0) is 25.2 Å². The zero-order valence-electron chi connectivity index (χ0n) is 5.97. The van der Waals surface area contributed by atoms with Crippen LogP contribution in [-0.4, -0.2) is 16.5 Å². The standard InChI is InChI=1S/C8H12O2/c9-7-2-1-3-8(10)5-6(8)4-7/h6,10H,1-5H2/t6-,8-/m1/s1. The molecule has 0 aromatic heterocycles. The predicted octanol–water partition coefficient (Wildman–Crippen LogP) is 0.881. The van der Waals surface area contributed by atoms with E-state index in [0.29, 0.717) is 24.5 Å². The molecule has 0 spiro atoms. The highest BCUT2D eigenvalue weighted by Gasteiger charge is 2.53. The molecule has 2 nitrogen and oxygen atoms in total. The topological polar surface area (TPSA) is 37.3 Å². The van der Waals surface area contributed by atoms with Crippen LogP contribution in [0.15, 0.2) is 0 Å². The van der Waals surface area contributed by atoms with Gasteiger partial charge in [0, 0.05) is 12.8 Å². The summed E-state index contributed by atoms with van der Waals surface area (Å²) in [5, 5.41) is 9.59. The Bertz CT molecular complexity index is 176. The van der Waals surface area contributed by atoms with Gasteiger partial charge < -0.3 is 5.11 Å². The third kappa shape index (κ3) is 0.870. The lowest BCUT2D eigenvalue weighted by Crippen LogP contribution is -2.08. The SMILES string of the molecule is O=C1CCC[C@@]2(O)C[C@H]2C1. The van der Waals surface area contributed by atoms with E-state index in [0.717, 1.165) is 19.3 Å². The van der Waals surface area contributed by atoms with Crippen molar-refractivity contribution in [2.24, 2.45) is 5.92 Å². The van der Waals surface area contributed by atoms with Crippen LogP contribution in [-0.2, 0) is 4.79 Å². The average molecular weight is 140 g/mol. The summed E-state index contributed by atoms with van der Waals surface area (Å²) in [6.07, 6.45) is 3.95. The summed E-state index contributed by atoms with van der Waals surface area (Å²) in [4.78, 5) is 11.0. The van der Waals surface area contributed by atoms with Crippen molar-refractivity contribution >= 4 is 5.78 Å². The Morgan fingerprint density at radius 2 is 2.40 bits per heavy atom. The molecule has 1 N–H and O–H groups in total. The molecule has 0 bridgehead atoms. The van der Waals surface area contributed by atoms with Gasteiger partial charge in [0.25, 0.3) is 0 Å². The largest absolute Gasteiger partial charge is 0.390 e. The Morgan fingerprint density at radius 1 is 1.60 bits per heavy atom. The summed E-state index contributed by atoms with van der Waals surface area (Å²) in [5.74, 6) is 0.668. The highest BCUT2D eigenvalue weighted by atomic mass is 16.3. The molecule has 0 amide bonds. The van der Waals surface area contributed by atoms with Crippen LogP contribution in [0.25, 0.3) is 0 Å². The maximum Gasteiger partial charge on any atom is 0.133 e. The van der Waals surface area contributed by atoms with Crippen molar-refractivity contribution in [1.29, 1.82) is 0 Å². The minimum atomic E-state index is -0.411. The van der Waals surface area contributed by atoms with Crippen LogP contribution < -0.4 is 0 Å². The molecule has 2 fully saturated rings. The van der Waals surface area contributed by atoms with E-state index in [4.69, 9.17) is 0 Å². The van der Waals surface area contributed by atoms with Gasteiger partial charge in [-0.1, -0.05) is 0 Å². The van der Waals surface area contributed by atoms with Crippen LogP contribution >= 0.6 is 0 Å². The molecule has 56 valence electrons. The number of fused-ring (bicyclic) bond motifs is 1. The molecule has 0 unspecified atom stereocenters. The highest BCUT2D eigenvalue weighted by Crippen LogP contribution is 2.51. The maximum atomic E-state index is 11.0. The van der Waals surface area contributed by atoms with Gasteiger partial charge in [-0.25, -0.2) is 0 Å². The van der Waals surface area contributed by atoms with E-state index < -0.39 is 5.60 Å². The van der Waals surface area contributed by atoms with Crippen molar-refractivity contribution in [1.82, 2.24) is 0 Å². The Balaban J connectivity index is 2.06. The van der Waals surface area contributed by atoms with Gasteiger partial charge in [0.2, 0.25) is 0 Å². The van der Waals surface area contributed by atoms with E-state index in [1.807, 2.05) is 0 Å². The smallest absolute Gasteiger partial charge is 0.133 e. The van der Waals surface area contributed by atoms with Crippen molar-refractivity contribution in [3.8, 4) is 0 Å². The normalized spacial score (nSPS) is 46.1. The molecule has 0 saturated heterocycles. The molecule has 10 heavy (non-hydrogen) atoms. The van der Waals surface area contributed by atoms with Crippen LogP contribution in [0.2, 0.25) is 0 Å². The third-order valence-electron chi connectivity index (χ3n) is 2.74. The third-order valence-corrected chi connectivity index (χ3v) is 2.74. The molecule has 2 saturated carbocycles. The summed E-state index contributed by atoms with van der Waals surface area (Å²) in [7, 11) is 0. The summed E-state index contributed by atoms with van der Waals surface area (Å²) >= 11 is 0. The molecule has 0 radical (unpaired) electrons. The number of carbonyl (C=O) groups excluding carboxylic acids is 1. The summed E-state index contributed by atoms with van der Waals surface area (Å²) in [5.41, 5.74) is -0.411. The van der Waals surface area contributed by atoms with Crippen molar-refractivity contribution < 1.29 is 9.90 Å². The zero-order chi connectivity index (χ0) is 7.19. The van der Waals surface area contributed by atoms with Crippen LogP contribution in [0.5, 0.6) is 0 Å². The average Bonchev–Trinajstić information content (AvgIpc) is 2.41. The molecule has 0 heterocycles. The Labute approximate surface area is 60.2 Å². The fraction of sp³-hybridized carbons (Fsp3) is 0.875. The minimum absolute atomic E-state index is 0.322. The number of Topliss-reactive ketones (excluding diaryl/α,β-unsaturated/α-hetero) is 1. The second-order valence-corrected chi connectivity index (χ2v) is 3.60. The lowest BCUT2D eigenvalue weighted by atomic mass is 10.1.